The largest absolute Gasteiger partial charge is 0.463 e. The molecule has 1 unspecified atom stereocenters. The number of alkyl halides is 2. The summed E-state index contributed by atoms with van der Waals surface area (Å²) in [4.78, 5) is 24.2. The lowest BCUT2D eigenvalue weighted by molar-refractivity contribution is -0.158. The van der Waals surface area contributed by atoms with Gasteiger partial charge in [0, 0.05) is 5.56 Å². The molecule has 1 N–H and O–H groups in total. The van der Waals surface area contributed by atoms with E-state index >= 15 is 0 Å². The molecule has 0 bridgehead atoms. The van der Waals surface area contributed by atoms with Crippen LogP contribution in [0.2, 0.25) is 0 Å². The van der Waals surface area contributed by atoms with Crippen molar-refractivity contribution in [3.63, 3.8) is 0 Å². The van der Waals surface area contributed by atoms with E-state index in [4.69, 9.17) is 10.00 Å². The fraction of sp³-hybridized carbons (Fsp3) is 0.524. The molecule has 0 saturated carbocycles. The van der Waals surface area contributed by atoms with Gasteiger partial charge in [-0.05, 0) is 19.3 Å². The average molecular weight is 472 g/mol. The molecule has 8 nitrogen and oxygen atoms in total. The summed E-state index contributed by atoms with van der Waals surface area (Å²) >= 11 is 0. The highest BCUT2D eigenvalue weighted by atomic mass is 32.2. The Bertz CT molecular complexity index is 988. The van der Waals surface area contributed by atoms with Crippen molar-refractivity contribution < 1.29 is 31.5 Å². The van der Waals surface area contributed by atoms with Crippen LogP contribution in [-0.4, -0.2) is 44.4 Å². The summed E-state index contributed by atoms with van der Waals surface area (Å²) in [6.45, 7) is 6.42. The maximum Gasteiger partial charge on any atom is 0.442 e. The van der Waals surface area contributed by atoms with E-state index in [1.54, 1.807) is 18.3 Å². The first-order valence-corrected chi connectivity index (χ1v) is 11.4. The van der Waals surface area contributed by atoms with Crippen LogP contribution in [0.3, 0.4) is 0 Å². The monoisotopic (exact) mass is 471 g/mol. The summed E-state index contributed by atoms with van der Waals surface area (Å²) in [5, 5.41) is 5.88. The van der Waals surface area contributed by atoms with Gasteiger partial charge >= 0.3 is 27.2 Å². The molecule has 0 fully saturated rings. The number of sulfonamides is 1. The molecule has 0 aliphatic heterocycles. The number of nitriles is 1. The molecule has 11 heteroatoms. The van der Waals surface area contributed by atoms with E-state index in [1.807, 2.05) is 20.8 Å². The highest BCUT2D eigenvalue weighted by Crippen LogP contribution is 2.33. The van der Waals surface area contributed by atoms with Crippen LogP contribution in [0, 0.1) is 22.7 Å². The van der Waals surface area contributed by atoms with Crippen molar-refractivity contribution in [2.45, 2.75) is 45.8 Å². The van der Waals surface area contributed by atoms with Gasteiger partial charge in [-0.1, -0.05) is 57.5 Å². The third kappa shape index (κ3) is 6.32. The van der Waals surface area contributed by atoms with Crippen LogP contribution in [0.15, 0.2) is 34.7 Å². The van der Waals surface area contributed by atoms with Crippen LogP contribution < -0.4 is 5.32 Å². The van der Waals surface area contributed by atoms with Gasteiger partial charge in [-0.15, -0.1) is 4.40 Å². The first-order chi connectivity index (χ1) is 14.8. The van der Waals surface area contributed by atoms with Gasteiger partial charge in [-0.2, -0.15) is 22.5 Å². The van der Waals surface area contributed by atoms with Crippen molar-refractivity contribution in [3.05, 3.63) is 35.9 Å². The van der Waals surface area contributed by atoms with Gasteiger partial charge in [0.05, 0.1) is 12.0 Å². The lowest BCUT2D eigenvalue weighted by Gasteiger charge is -2.31. The maximum atomic E-state index is 14.3. The first-order valence-electron chi connectivity index (χ1n) is 9.96. The molecule has 1 aromatic rings. The quantitative estimate of drug-likeness (QED) is 0.300. The minimum Gasteiger partial charge on any atom is -0.463 e. The molecule has 0 aliphatic rings. The third-order valence-corrected chi connectivity index (χ3v) is 6.34. The molecule has 0 radical (unpaired) electrons. The maximum absolute atomic E-state index is 14.3. The topological polar surface area (TPSA) is 126 Å². The van der Waals surface area contributed by atoms with Crippen LogP contribution >= 0.6 is 0 Å². The predicted octanol–water partition coefficient (Wildman–Crippen LogP) is 3.04. The van der Waals surface area contributed by atoms with Crippen molar-refractivity contribution in [1.29, 1.82) is 5.26 Å². The van der Waals surface area contributed by atoms with E-state index in [2.05, 4.69) is 4.40 Å². The number of halogens is 2. The summed E-state index contributed by atoms with van der Waals surface area (Å²) in [6.07, 6.45) is 1.30. The highest BCUT2D eigenvalue weighted by molar-refractivity contribution is 7.92. The molecule has 176 valence electrons. The summed E-state index contributed by atoms with van der Waals surface area (Å²) < 4.78 is 60.5. The van der Waals surface area contributed by atoms with E-state index in [9.17, 15) is 26.8 Å². The van der Waals surface area contributed by atoms with Gasteiger partial charge in [-0.25, -0.2) is 0 Å². The molecule has 32 heavy (non-hydrogen) atoms. The van der Waals surface area contributed by atoms with Crippen LogP contribution in [0.25, 0.3) is 0 Å². The summed E-state index contributed by atoms with van der Waals surface area (Å²) in [5.74, 6) is -2.70. The van der Waals surface area contributed by atoms with E-state index in [-0.39, 0.29) is 11.5 Å². The van der Waals surface area contributed by atoms with Gasteiger partial charge in [-0.3, -0.25) is 9.59 Å². The summed E-state index contributed by atoms with van der Waals surface area (Å²) in [7, 11) is -5.70. The van der Waals surface area contributed by atoms with Crippen molar-refractivity contribution in [2.75, 3.05) is 13.2 Å². The van der Waals surface area contributed by atoms with E-state index < -0.39 is 51.4 Å². The standard InChI is InChI=1S/C21H27F2N3O5S/c1-5-11-20(4,15(2)3)19(28)31-13-12-25-18(27)21(22,23)32(29,30)26-17(14-24)16-9-7-6-8-10-16/h6-10,15H,5,11-13H2,1-4H3,(H,25,27)/b26-17-. The van der Waals surface area contributed by atoms with Crippen molar-refractivity contribution in [2.24, 2.45) is 15.7 Å². The number of esters is 1. The lowest BCUT2D eigenvalue weighted by Crippen LogP contribution is -2.46. The van der Waals surface area contributed by atoms with Crippen LogP contribution in [-0.2, 0) is 24.3 Å². The number of benzene rings is 1. The zero-order valence-corrected chi connectivity index (χ0v) is 19.2. The Morgan fingerprint density at radius 3 is 2.34 bits per heavy atom. The number of rotatable bonds is 11. The van der Waals surface area contributed by atoms with Crippen molar-refractivity contribution in [3.8, 4) is 6.07 Å². The zero-order chi connectivity index (χ0) is 24.6. The Morgan fingerprint density at radius 1 is 1.25 bits per heavy atom. The first kappa shape index (κ1) is 27.2. The number of amides is 1. The fourth-order valence-corrected chi connectivity index (χ4v) is 3.56. The normalized spacial score (nSPS) is 14.4. The van der Waals surface area contributed by atoms with Crippen molar-refractivity contribution >= 4 is 27.6 Å². The molecule has 0 spiro atoms. The number of nitrogens with one attached hydrogen (secondary N) is 1. The highest BCUT2D eigenvalue weighted by Gasteiger charge is 2.53. The molecular formula is C21H27F2N3O5S. The number of carbonyl (C=O) groups excluding carboxylic acids is 2. The molecule has 1 rings (SSSR count). The number of ether oxygens (including phenoxy) is 1. The Labute approximate surface area is 186 Å². The molecule has 0 aromatic heterocycles. The molecular weight excluding hydrogens is 444 g/mol. The Hall–Kier alpha value is -2.87. The number of nitrogens with zero attached hydrogens (tertiary/aromatic N) is 2. The Kier molecular flexibility index (Phi) is 9.45. The van der Waals surface area contributed by atoms with Crippen LogP contribution in [0.1, 0.15) is 46.1 Å². The fourth-order valence-electron chi connectivity index (χ4n) is 2.75. The van der Waals surface area contributed by atoms with E-state index in [0.717, 1.165) is 6.42 Å². The minimum absolute atomic E-state index is 0.00183. The SMILES string of the molecule is CCCC(C)(C(=O)OCCNC(=O)C(F)(F)S(=O)(=O)/N=C(/C#N)c1ccccc1)C(C)C. The van der Waals surface area contributed by atoms with Gasteiger partial charge < -0.3 is 10.1 Å². The molecule has 0 aliphatic carbocycles. The second-order valence-corrected chi connectivity index (χ2v) is 9.27. The number of hydrogen-bond donors (Lipinski definition) is 1. The second kappa shape index (κ2) is 11.1. The van der Waals surface area contributed by atoms with E-state index in [1.165, 1.54) is 30.3 Å². The van der Waals surface area contributed by atoms with Gasteiger partial charge in [0.1, 0.15) is 12.7 Å². The lowest BCUT2D eigenvalue weighted by atomic mass is 9.75. The van der Waals surface area contributed by atoms with E-state index in [0.29, 0.717) is 6.42 Å². The third-order valence-electron chi connectivity index (χ3n) is 5.08. The number of hydrogen-bond acceptors (Lipinski definition) is 6. The molecule has 1 aromatic carbocycles. The predicted molar refractivity (Wildman–Crippen MR) is 114 cm³/mol. The van der Waals surface area contributed by atoms with Crippen LogP contribution in [0.4, 0.5) is 8.78 Å². The summed E-state index contributed by atoms with van der Waals surface area (Å²) in [5.41, 5.74) is -1.55. The van der Waals surface area contributed by atoms with Crippen LogP contribution in [0.5, 0.6) is 0 Å². The Morgan fingerprint density at radius 2 is 1.84 bits per heavy atom. The molecule has 0 saturated heterocycles. The minimum atomic E-state index is -5.70. The van der Waals surface area contributed by atoms with Gasteiger partial charge in [0.25, 0.3) is 0 Å². The second-order valence-electron chi connectivity index (χ2n) is 7.62. The smallest absolute Gasteiger partial charge is 0.442 e. The Balaban J connectivity index is 2.82. The molecule has 1 atom stereocenters. The average Bonchev–Trinajstić information content (AvgIpc) is 2.74. The number of carbonyl (C=O) groups is 2. The van der Waals surface area contributed by atoms with Gasteiger partial charge in [0.15, 0.2) is 5.71 Å². The van der Waals surface area contributed by atoms with Gasteiger partial charge in [0.2, 0.25) is 0 Å². The molecule has 1 amide bonds. The van der Waals surface area contributed by atoms with Crippen molar-refractivity contribution in [1.82, 2.24) is 5.32 Å². The molecule has 0 heterocycles. The zero-order valence-electron chi connectivity index (χ0n) is 18.4. The summed E-state index contributed by atoms with van der Waals surface area (Å²) in [6, 6.07) is 8.56.